The van der Waals surface area contributed by atoms with Gasteiger partial charge in [0.2, 0.25) is 10.0 Å². The molecule has 3 aromatic carbocycles. The van der Waals surface area contributed by atoms with Gasteiger partial charge in [0.25, 0.3) is 0 Å². The van der Waals surface area contributed by atoms with Gasteiger partial charge < -0.3 is 9.52 Å². The quantitative estimate of drug-likeness (QED) is 0.170. The van der Waals surface area contributed by atoms with E-state index in [2.05, 4.69) is 5.32 Å². The van der Waals surface area contributed by atoms with E-state index in [1.165, 1.54) is 37.4 Å². The van der Waals surface area contributed by atoms with E-state index in [1.54, 1.807) is 43.4 Å². The smallest absolute Gasteiger partial charge is 0.232 e. The summed E-state index contributed by atoms with van der Waals surface area (Å²) in [4.78, 5) is 12.0. The standard InChI is InChI=1S/C37H33F3N6O4S/c1-41-37(47)34-25-15-24(30(44(2)51(3,48)49)17-32(25)50-36(34)20-7-9-21(38)10-8-20)27-11-12-28-35(43-27)31-16-23-26(40)5-4-6-29(23)46(31)33(42-28)13-14-45-18-22(39)19-45/h4-12,15-17,22,37,41,47H,13-14,18-19H2,1-3H3. The molecule has 0 bridgehead atoms. The van der Waals surface area contributed by atoms with Crippen LogP contribution in [-0.2, 0) is 16.4 Å². The van der Waals surface area contributed by atoms with E-state index in [0.29, 0.717) is 87.1 Å². The van der Waals surface area contributed by atoms with Gasteiger partial charge in [-0.25, -0.2) is 31.6 Å². The highest BCUT2D eigenvalue weighted by molar-refractivity contribution is 7.92. The Morgan fingerprint density at radius 1 is 1.02 bits per heavy atom. The average Bonchev–Trinajstić information content (AvgIpc) is 3.68. The van der Waals surface area contributed by atoms with Crippen molar-refractivity contribution in [3.63, 3.8) is 0 Å². The number of hydrogen-bond donors (Lipinski definition) is 2. The summed E-state index contributed by atoms with van der Waals surface area (Å²) in [6, 6.07) is 19.0. The molecule has 1 aliphatic heterocycles. The number of anilines is 1. The van der Waals surface area contributed by atoms with E-state index in [4.69, 9.17) is 14.4 Å². The summed E-state index contributed by atoms with van der Waals surface area (Å²) in [6.45, 7) is 1.32. The largest absolute Gasteiger partial charge is 0.456 e. The first-order valence-corrected chi connectivity index (χ1v) is 18.2. The lowest BCUT2D eigenvalue weighted by atomic mass is 10.00. The zero-order valence-electron chi connectivity index (χ0n) is 27.9. The number of nitrogens with zero attached hydrogens (tertiary/aromatic N) is 5. The fourth-order valence-corrected chi connectivity index (χ4v) is 7.37. The minimum atomic E-state index is -3.78. The Hall–Kier alpha value is -5.02. The van der Waals surface area contributed by atoms with Crippen LogP contribution in [0.5, 0.6) is 0 Å². The number of aliphatic hydroxyl groups excluding tert-OH is 1. The third-order valence-corrected chi connectivity index (χ3v) is 10.8. The number of sulfonamides is 1. The number of alkyl halides is 1. The van der Waals surface area contributed by atoms with Gasteiger partial charge in [-0.15, -0.1) is 0 Å². The second kappa shape index (κ2) is 12.3. The molecule has 10 nitrogen and oxygen atoms in total. The Kier molecular flexibility index (Phi) is 8.02. The highest BCUT2D eigenvalue weighted by Crippen LogP contribution is 2.43. The monoisotopic (exact) mass is 714 g/mol. The summed E-state index contributed by atoms with van der Waals surface area (Å²) in [5, 5.41) is 14.8. The van der Waals surface area contributed by atoms with Crippen LogP contribution in [-0.4, -0.2) is 78.9 Å². The number of aromatic nitrogens is 3. The minimum absolute atomic E-state index is 0.259. The number of furan rings is 1. The number of halogens is 3. The van der Waals surface area contributed by atoms with Crippen LogP contribution in [0.1, 0.15) is 17.6 Å². The lowest BCUT2D eigenvalue weighted by Gasteiger charge is -2.34. The highest BCUT2D eigenvalue weighted by atomic mass is 32.2. The number of pyridine rings is 1. The van der Waals surface area contributed by atoms with Crippen molar-refractivity contribution in [1.82, 2.24) is 24.6 Å². The first-order valence-electron chi connectivity index (χ1n) is 16.3. The molecule has 262 valence electrons. The summed E-state index contributed by atoms with van der Waals surface area (Å²) in [7, 11) is -0.781. The van der Waals surface area contributed by atoms with Gasteiger partial charge in [-0.3, -0.25) is 18.9 Å². The van der Waals surface area contributed by atoms with E-state index in [9.17, 15) is 22.3 Å². The molecule has 2 N–H and O–H groups in total. The second-order valence-electron chi connectivity index (χ2n) is 12.9. The molecule has 4 aromatic heterocycles. The van der Waals surface area contributed by atoms with Crippen LogP contribution in [0.3, 0.4) is 0 Å². The zero-order chi connectivity index (χ0) is 35.8. The molecule has 0 radical (unpaired) electrons. The molecule has 0 saturated carbocycles. The molecule has 8 rings (SSSR count). The Labute approximate surface area is 290 Å². The van der Waals surface area contributed by atoms with E-state index >= 15 is 4.39 Å². The number of rotatable bonds is 9. The molecule has 0 spiro atoms. The van der Waals surface area contributed by atoms with E-state index in [0.717, 1.165) is 10.6 Å². The van der Waals surface area contributed by atoms with Crippen molar-refractivity contribution in [2.45, 2.75) is 18.8 Å². The number of fused-ring (bicyclic) bond motifs is 6. The first-order chi connectivity index (χ1) is 24.4. The van der Waals surface area contributed by atoms with Crippen LogP contribution in [0.4, 0.5) is 18.9 Å². The lowest BCUT2D eigenvalue weighted by molar-refractivity contribution is 0.0665. The van der Waals surface area contributed by atoms with Crippen LogP contribution in [0.2, 0.25) is 0 Å². The van der Waals surface area contributed by atoms with Gasteiger partial charge in [0, 0.05) is 66.6 Å². The molecule has 7 aromatic rings. The lowest BCUT2D eigenvalue weighted by Crippen LogP contribution is -2.49. The molecule has 1 atom stereocenters. The number of aliphatic hydroxyl groups is 1. The van der Waals surface area contributed by atoms with Crippen molar-refractivity contribution in [3.05, 3.63) is 95.8 Å². The van der Waals surface area contributed by atoms with Gasteiger partial charge in [-0.1, -0.05) is 6.07 Å². The number of likely N-dealkylation sites (tertiary alicyclic amines) is 1. The number of benzene rings is 3. The molecule has 1 fully saturated rings. The molecule has 5 heterocycles. The summed E-state index contributed by atoms with van der Waals surface area (Å²) < 4.78 is 77.7. The third-order valence-electron chi connectivity index (χ3n) is 9.59. The van der Waals surface area contributed by atoms with Crippen molar-refractivity contribution in [1.29, 1.82) is 0 Å². The Balaban J connectivity index is 1.37. The van der Waals surface area contributed by atoms with Crippen molar-refractivity contribution < 1.29 is 31.1 Å². The van der Waals surface area contributed by atoms with Crippen molar-refractivity contribution in [2.24, 2.45) is 0 Å². The summed E-state index contributed by atoms with van der Waals surface area (Å²) in [6.07, 6.45) is -0.451. The maximum atomic E-state index is 15.2. The van der Waals surface area contributed by atoms with Crippen LogP contribution in [0.25, 0.3) is 61.0 Å². The number of hydrogen-bond acceptors (Lipinski definition) is 8. The molecule has 0 amide bonds. The Morgan fingerprint density at radius 3 is 2.49 bits per heavy atom. The maximum Gasteiger partial charge on any atom is 0.232 e. The van der Waals surface area contributed by atoms with E-state index in [-0.39, 0.29) is 17.0 Å². The molecule has 1 aliphatic rings. The van der Waals surface area contributed by atoms with Crippen LogP contribution in [0, 0.1) is 11.6 Å². The molecule has 1 saturated heterocycles. The van der Waals surface area contributed by atoms with Crippen molar-refractivity contribution in [3.8, 4) is 22.6 Å². The van der Waals surface area contributed by atoms with Gasteiger partial charge in [-0.2, -0.15) is 0 Å². The minimum Gasteiger partial charge on any atom is -0.456 e. The van der Waals surface area contributed by atoms with Gasteiger partial charge >= 0.3 is 0 Å². The van der Waals surface area contributed by atoms with Crippen molar-refractivity contribution in [2.75, 3.05) is 44.3 Å². The molecule has 51 heavy (non-hydrogen) atoms. The summed E-state index contributed by atoms with van der Waals surface area (Å²) >= 11 is 0. The summed E-state index contributed by atoms with van der Waals surface area (Å²) in [5.41, 5.74) is 4.46. The summed E-state index contributed by atoms with van der Waals surface area (Å²) in [5.74, 6) is 0.118. The van der Waals surface area contributed by atoms with Gasteiger partial charge in [0.05, 0.1) is 34.2 Å². The van der Waals surface area contributed by atoms with Crippen molar-refractivity contribution >= 4 is 54.1 Å². The van der Waals surface area contributed by atoms with Gasteiger partial charge in [-0.05, 0) is 67.7 Å². The molecular formula is C37H33F3N6O4S. The van der Waals surface area contributed by atoms with Crippen LogP contribution < -0.4 is 9.62 Å². The first kappa shape index (κ1) is 33.1. The third kappa shape index (κ3) is 5.68. The Morgan fingerprint density at radius 2 is 1.78 bits per heavy atom. The van der Waals surface area contributed by atoms with Gasteiger partial charge in [0.15, 0.2) is 0 Å². The van der Waals surface area contributed by atoms with Crippen LogP contribution in [0.15, 0.2) is 77.2 Å². The predicted octanol–water partition coefficient (Wildman–Crippen LogP) is 6.20. The fourth-order valence-electron chi connectivity index (χ4n) is 6.86. The van der Waals surface area contributed by atoms with E-state index in [1.807, 2.05) is 15.4 Å². The fraction of sp³-hybridized carbons (Fsp3) is 0.243. The number of nitrogens with one attached hydrogen (secondary N) is 1. The average molecular weight is 715 g/mol. The molecule has 0 aliphatic carbocycles. The molecule has 1 unspecified atom stereocenters. The Bertz CT molecular complexity index is 2600. The highest BCUT2D eigenvalue weighted by Gasteiger charge is 2.28. The molecular weight excluding hydrogens is 682 g/mol. The second-order valence-corrected chi connectivity index (χ2v) is 14.9. The normalized spacial score (nSPS) is 15.0. The van der Waals surface area contributed by atoms with Gasteiger partial charge in [0.1, 0.15) is 46.7 Å². The zero-order valence-corrected chi connectivity index (χ0v) is 28.7. The van der Waals surface area contributed by atoms with E-state index < -0.39 is 34.1 Å². The SMILES string of the molecule is CNC(O)c1c(-c2ccc(F)cc2)oc2cc(N(C)S(C)(=O)=O)c(-c3ccc4nc(CCN5CC(F)C5)n5c6cccc(F)c6cc5c4n3)cc12. The topological polar surface area (TPSA) is 116 Å². The van der Waals surface area contributed by atoms with Crippen LogP contribution >= 0.6 is 0 Å². The maximum absolute atomic E-state index is 15.2. The molecule has 14 heteroatoms. The predicted molar refractivity (Wildman–Crippen MR) is 191 cm³/mol.